The summed E-state index contributed by atoms with van der Waals surface area (Å²) in [6, 6.07) is 0. The molecule has 0 saturated carbocycles. The highest BCUT2D eigenvalue weighted by atomic mass is 16.5. The van der Waals surface area contributed by atoms with Gasteiger partial charge in [-0.25, -0.2) is 4.98 Å². The van der Waals surface area contributed by atoms with Gasteiger partial charge >= 0.3 is 0 Å². The van der Waals surface area contributed by atoms with E-state index in [1.54, 1.807) is 0 Å². The Balaban J connectivity index is 2.24. The summed E-state index contributed by atoms with van der Waals surface area (Å²) < 4.78 is 7.13. The molecular weight excluding hydrogens is 168 g/mol. The summed E-state index contributed by atoms with van der Waals surface area (Å²) in [4.78, 5) is 4.37. The van der Waals surface area contributed by atoms with Gasteiger partial charge < -0.3 is 14.4 Å². The van der Waals surface area contributed by atoms with Crippen LogP contribution in [0.25, 0.3) is 0 Å². The molecule has 1 aromatic rings. The molecule has 2 heterocycles. The number of aliphatic hydroxyl groups excluding tert-OH is 1. The maximum Gasteiger partial charge on any atom is 0.105 e. The van der Waals surface area contributed by atoms with Crippen LogP contribution in [0.15, 0.2) is 6.20 Å². The number of imidazole rings is 1. The summed E-state index contributed by atoms with van der Waals surface area (Å²) in [7, 11) is 1.95. The van der Waals surface area contributed by atoms with Crippen LogP contribution >= 0.6 is 0 Å². The second kappa shape index (κ2) is 3.12. The molecule has 13 heavy (non-hydrogen) atoms. The van der Waals surface area contributed by atoms with E-state index in [1.807, 2.05) is 24.7 Å². The first-order chi connectivity index (χ1) is 6.18. The van der Waals surface area contributed by atoms with Gasteiger partial charge in [-0.2, -0.15) is 0 Å². The molecule has 1 N–H and O–H groups in total. The van der Waals surface area contributed by atoms with Gasteiger partial charge in [-0.3, -0.25) is 0 Å². The average Bonchev–Trinajstić information content (AvgIpc) is 2.60. The molecule has 4 nitrogen and oxygen atoms in total. The van der Waals surface area contributed by atoms with Gasteiger partial charge in [0, 0.05) is 13.2 Å². The molecule has 1 aromatic heterocycles. The number of rotatable bonds is 1. The zero-order valence-corrected chi connectivity index (χ0v) is 7.90. The molecule has 2 atom stereocenters. The van der Waals surface area contributed by atoms with Crippen molar-refractivity contribution in [2.24, 2.45) is 7.05 Å². The molecule has 1 saturated heterocycles. The highest BCUT2D eigenvalue weighted by Gasteiger charge is 2.29. The summed E-state index contributed by atoms with van der Waals surface area (Å²) >= 11 is 0. The lowest BCUT2D eigenvalue weighted by Gasteiger charge is -2.07. The van der Waals surface area contributed by atoms with E-state index in [0.29, 0.717) is 13.2 Å². The van der Waals surface area contributed by atoms with Crippen molar-refractivity contribution in [3.05, 3.63) is 17.7 Å². The second-order valence-electron chi connectivity index (χ2n) is 3.54. The predicted molar refractivity (Wildman–Crippen MR) is 47.5 cm³/mol. The van der Waals surface area contributed by atoms with Crippen molar-refractivity contribution in [3.8, 4) is 0 Å². The SMILES string of the molecule is Cc1nc([C@@H]2COC[C@H]2O)cn1C. The maximum absolute atomic E-state index is 9.57. The molecule has 0 spiro atoms. The molecule has 0 aromatic carbocycles. The Morgan fingerprint density at radius 1 is 1.62 bits per heavy atom. The first-order valence-corrected chi connectivity index (χ1v) is 4.44. The van der Waals surface area contributed by atoms with Gasteiger partial charge in [-0.1, -0.05) is 0 Å². The van der Waals surface area contributed by atoms with Crippen LogP contribution in [0, 0.1) is 6.92 Å². The van der Waals surface area contributed by atoms with Crippen molar-refractivity contribution in [2.75, 3.05) is 13.2 Å². The Bertz CT molecular complexity index is 289. The summed E-state index contributed by atoms with van der Waals surface area (Å²) in [5.74, 6) is 1.02. The van der Waals surface area contributed by atoms with Gasteiger partial charge in [0.15, 0.2) is 0 Å². The second-order valence-corrected chi connectivity index (χ2v) is 3.54. The van der Waals surface area contributed by atoms with Crippen LogP contribution < -0.4 is 0 Å². The molecule has 1 fully saturated rings. The molecule has 1 aliphatic rings. The van der Waals surface area contributed by atoms with Crippen LogP contribution in [-0.4, -0.2) is 34.0 Å². The van der Waals surface area contributed by atoms with E-state index >= 15 is 0 Å². The monoisotopic (exact) mass is 182 g/mol. The number of aliphatic hydroxyl groups is 1. The molecule has 0 bridgehead atoms. The minimum absolute atomic E-state index is 0.0555. The summed E-state index contributed by atoms with van der Waals surface area (Å²) in [6.45, 7) is 2.96. The lowest BCUT2D eigenvalue weighted by molar-refractivity contribution is 0.124. The zero-order chi connectivity index (χ0) is 9.42. The fourth-order valence-corrected chi connectivity index (χ4v) is 1.59. The quantitative estimate of drug-likeness (QED) is 0.675. The Morgan fingerprint density at radius 2 is 2.38 bits per heavy atom. The molecule has 0 unspecified atom stereocenters. The van der Waals surface area contributed by atoms with Crippen LogP contribution in [0.5, 0.6) is 0 Å². The molecule has 4 heteroatoms. The molecular formula is C9H14N2O2. The normalized spacial score (nSPS) is 28.2. The van der Waals surface area contributed by atoms with Crippen molar-refractivity contribution in [1.82, 2.24) is 9.55 Å². The third kappa shape index (κ3) is 1.47. The van der Waals surface area contributed by atoms with E-state index in [0.717, 1.165) is 11.5 Å². The standard InChI is InChI=1S/C9H14N2O2/c1-6-10-8(3-11(6)2)7-4-13-5-9(7)12/h3,7,9,12H,4-5H2,1-2H3/t7-,9+/m0/s1. The van der Waals surface area contributed by atoms with Crippen molar-refractivity contribution in [1.29, 1.82) is 0 Å². The van der Waals surface area contributed by atoms with Crippen molar-refractivity contribution in [3.63, 3.8) is 0 Å². The predicted octanol–water partition coefficient (Wildman–Crippen LogP) is 0.203. The topological polar surface area (TPSA) is 47.3 Å². The largest absolute Gasteiger partial charge is 0.390 e. The number of nitrogens with zero attached hydrogens (tertiary/aromatic N) is 2. The van der Waals surface area contributed by atoms with Gasteiger partial charge in [0.1, 0.15) is 5.82 Å². The molecule has 2 rings (SSSR count). The minimum atomic E-state index is -0.394. The van der Waals surface area contributed by atoms with Gasteiger partial charge in [0.05, 0.1) is 30.9 Å². The van der Waals surface area contributed by atoms with E-state index in [4.69, 9.17) is 4.74 Å². The van der Waals surface area contributed by atoms with E-state index < -0.39 is 6.10 Å². The highest BCUT2D eigenvalue weighted by molar-refractivity contribution is 5.12. The number of aromatic nitrogens is 2. The average molecular weight is 182 g/mol. The van der Waals surface area contributed by atoms with Crippen molar-refractivity contribution in [2.45, 2.75) is 18.9 Å². The van der Waals surface area contributed by atoms with Crippen LogP contribution in [0.1, 0.15) is 17.4 Å². The van der Waals surface area contributed by atoms with Crippen LogP contribution in [0.4, 0.5) is 0 Å². The first-order valence-electron chi connectivity index (χ1n) is 4.44. The zero-order valence-electron chi connectivity index (χ0n) is 7.90. The van der Waals surface area contributed by atoms with Gasteiger partial charge in [-0.15, -0.1) is 0 Å². The lowest BCUT2D eigenvalue weighted by atomic mass is 10.0. The highest BCUT2D eigenvalue weighted by Crippen LogP contribution is 2.24. The first kappa shape index (κ1) is 8.72. The van der Waals surface area contributed by atoms with Gasteiger partial charge in [0.2, 0.25) is 0 Å². The molecule has 1 aliphatic heterocycles. The summed E-state index contributed by atoms with van der Waals surface area (Å²) in [5, 5.41) is 9.57. The van der Waals surface area contributed by atoms with E-state index in [9.17, 15) is 5.11 Å². The lowest BCUT2D eigenvalue weighted by Crippen LogP contribution is -2.15. The summed E-state index contributed by atoms with van der Waals surface area (Å²) in [6.07, 6.45) is 1.56. The molecule has 72 valence electrons. The van der Waals surface area contributed by atoms with Crippen molar-refractivity contribution >= 4 is 0 Å². The Kier molecular flexibility index (Phi) is 2.09. The Labute approximate surface area is 77.2 Å². The Morgan fingerprint density at radius 3 is 2.85 bits per heavy atom. The summed E-state index contributed by atoms with van der Waals surface area (Å²) in [5.41, 5.74) is 0.935. The van der Waals surface area contributed by atoms with Crippen LogP contribution in [-0.2, 0) is 11.8 Å². The van der Waals surface area contributed by atoms with Crippen LogP contribution in [0.2, 0.25) is 0 Å². The van der Waals surface area contributed by atoms with E-state index in [2.05, 4.69) is 4.98 Å². The van der Waals surface area contributed by atoms with E-state index in [-0.39, 0.29) is 5.92 Å². The number of hydrogen-bond donors (Lipinski definition) is 1. The Hall–Kier alpha value is -0.870. The fraction of sp³-hybridized carbons (Fsp3) is 0.667. The number of aryl methyl sites for hydroxylation is 2. The van der Waals surface area contributed by atoms with Crippen LogP contribution in [0.3, 0.4) is 0 Å². The van der Waals surface area contributed by atoms with Gasteiger partial charge in [0.25, 0.3) is 0 Å². The third-order valence-electron chi connectivity index (χ3n) is 2.56. The molecule has 0 amide bonds. The number of hydrogen-bond acceptors (Lipinski definition) is 3. The van der Waals surface area contributed by atoms with E-state index in [1.165, 1.54) is 0 Å². The third-order valence-corrected chi connectivity index (χ3v) is 2.56. The fourth-order valence-electron chi connectivity index (χ4n) is 1.59. The number of ether oxygens (including phenoxy) is 1. The molecule has 0 aliphatic carbocycles. The smallest absolute Gasteiger partial charge is 0.105 e. The molecule has 0 radical (unpaired) electrons. The van der Waals surface area contributed by atoms with Crippen molar-refractivity contribution < 1.29 is 9.84 Å². The van der Waals surface area contributed by atoms with Gasteiger partial charge in [-0.05, 0) is 6.92 Å². The maximum atomic E-state index is 9.57. The minimum Gasteiger partial charge on any atom is -0.390 e.